The Hall–Kier alpha value is -0.920. The van der Waals surface area contributed by atoms with E-state index in [2.05, 4.69) is 31.2 Å². The van der Waals surface area contributed by atoms with Gasteiger partial charge >= 0.3 is 0 Å². The number of nitrogens with zero attached hydrogens (tertiary/aromatic N) is 1. The van der Waals surface area contributed by atoms with Gasteiger partial charge < -0.3 is 0 Å². The summed E-state index contributed by atoms with van der Waals surface area (Å²) in [5.74, 6) is 0.572. The second-order valence-electron chi connectivity index (χ2n) is 7.76. The molecule has 0 radical (unpaired) electrons. The topological polar surface area (TPSA) is 71.5 Å². The van der Waals surface area contributed by atoms with Crippen LogP contribution in [0.25, 0.3) is 0 Å². The van der Waals surface area contributed by atoms with Crippen molar-refractivity contribution in [2.45, 2.75) is 50.7 Å². The van der Waals surface area contributed by atoms with E-state index in [9.17, 15) is 16.8 Å². The first-order valence-corrected chi connectivity index (χ1v) is 12.8. The molecule has 1 aromatic rings. The van der Waals surface area contributed by atoms with Crippen molar-refractivity contribution in [1.29, 1.82) is 0 Å². The van der Waals surface area contributed by atoms with Gasteiger partial charge in [0.2, 0.25) is 10.0 Å². The summed E-state index contributed by atoms with van der Waals surface area (Å²) in [6.45, 7) is 3.23. The molecule has 0 spiro atoms. The molecule has 0 atom stereocenters. The fourth-order valence-corrected chi connectivity index (χ4v) is 7.72. The highest BCUT2D eigenvalue weighted by Gasteiger charge is 2.38. The van der Waals surface area contributed by atoms with Crippen LogP contribution in [0.2, 0.25) is 0 Å². The quantitative estimate of drug-likeness (QED) is 0.763. The van der Waals surface area contributed by atoms with Crippen LogP contribution in [0.3, 0.4) is 0 Å². The fraction of sp³-hybridized carbons (Fsp3) is 0.684. The van der Waals surface area contributed by atoms with Crippen LogP contribution in [0.5, 0.6) is 0 Å². The molecule has 0 bridgehead atoms. The van der Waals surface area contributed by atoms with Crippen molar-refractivity contribution in [3.63, 3.8) is 0 Å². The zero-order chi connectivity index (χ0) is 18.8. The number of sulfone groups is 1. The maximum absolute atomic E-state index is 12.8. The SMILES string of the molecule is Cc1ccc(CCC2CCN(S(=O)(=O)C3CCS(=O)(=O)CC3)CC2)cc1. The van der Waals surface area contributed by atoms with Gasteiger partial charge in [-0.15, -0.1) is 0 Å². The number of rotatable bonds is 5. The Balaban J connectivity index is 1.49. The van der Waals surface area contributed by atoms with Crippen LogP contribution in [0.1, 0.15) is 43.2 Å². The third-order valence-electron chi connectivity index (χ3n) is 5.82. The highest BCUT2D eigenvalue weighted by atomic mass is 32.2. The molecular weight excluding hydrogens is 370 g/mol. The molecule has 2 fully saturated rings. The maximum Gasteiger partial charge on any atom is 0.217 e. The standard InChI is InChI=1S/C19H29NO4S2/c1-16-2-4-17(5-3-16)6-7-18-8-12-20(13-9-18)26(23,24)19-10-14-25(21,22)15-11-19/h2-5,18-19H,6-15H2,1H3. The lowest BCUT2D eigenvalue weighted by Gasteiger charge is -2.34. The molecule has 0 aliphatic carbocycles. The van der Waals surface area contributed by atoms with Gasteiger partial charge in [0.1, 0.15) is 9.84 Å². The zero-order valence-electron chi connectivity index (χ0n) is 15.4. The summed E-state index contributed by atoms with van der Waals surface area (Å²) in [7, 11) is -6.40. The molecule has 2 aliphatic rings. The first kappa shape index (κ1) is 19.8. The van der Waals surface area contributed by atoms with Crippen LogP contribution in [-0.4, -0.2) is 51.0 Å². The number of aryl methyl sites for hydroxylation is 2. The molecule has 146 valence electrons. The van der Waals surface area contributed by atoms with E-state index in [1.165, 1.54) is 11.1 Å². The summed E-state index contributed by atoms with van der Waals surface area (Å²) < 4.78 is 50.3. The predicted octanol–water partition coefficient (Wildman–Crippen LogP) is 2.55. The Kier molecular flexibility index (Phi) is 6.09. The number of piperidine rings is 1. The Labute approximate surface area is 157 Å². The van der Waals surface area contributed by atoms with E-state index < -0.39 is 25.1 Å². The molecule has 2 aliphatic heterocycles. The number of sulfonamides is 1. The number of hydrogen-bond donors (Lipinski definition) is 0. The largest absolute Gasteiger partial charge is 0.229 e. The van der Waals surface area contributed by atoms with Gasteiger partial charge in [-0.25, -0.2) is 21.1 Å². The second kappa shape index (κ2) is 7.98. The first-order valence-electron chi connectivity index (χ1n) is 9.51. The molecule has 0 aromatic heterocycles. The normalized spacial score (nSPS) is 23.1. The van der Waals surface area contributed by atoms with E-state index in [1.54, 1.807) is 4.31 Å². The Morgan fingerprint density at radius 2 is 1.58 bits per heavy atom. The second-order valence-corrected chi connectivity index (χ2v) is 12.3. The summed E-state index contributed by atoms with van der Waals surface area (Å²) in [6, 6.07) is 8.61. The summed E-state index contributed by atoms with van der Waals surface area (Å²) in [5, 5.41) is -0.518. The minimum absolute atomic E-state index is 0.00388. The molecular formula is C19H29NO4S2. The van der Waals surface area contributed by atoms with E-state index >= 15 is 0 Å². The van der Waals surface area contributed by atoms with Crippen molar-refractivity contribution in [2.24, 2.45) is 5.92 Å². The van der Waals surface area contributed by atoms with Crippen LogP contribution in [0.15, 0.2) is 24.3 Å². The highest BCUT2D eigenvalue weighted by Crippen LogP contribution is 2.28. The lowest BCUT2D eigenvalue weighted by atomic mass is 9.91. The van der Waals surface area contributed by atoms with E-state index in [1.807, 2.05) is 0 Å². The van der Waals surface area contributed by atoms with Crippen molar-refractivity contribution in [1.82, 2.24) is 4.31 Å². The van der Waals surface area contributed by atoms with Gasteiger partial charge in [0.25, 0.3) is 0 Å². The van der Waals surface area contributed by atoms with Crippen LogP contribution >= 0.6 is 0 Å². The Morgan fingerprint density at radius 3 is 2.15 bits per heavy atom. The van der Waals surface area contributed by atoms with Gasteiger partial charge in [0.15, 0.2) is 0 Å². The minimum Gasteiger partial charge on any atom is -0.229 e. The molecule has 26 heavy (non-hydrogen) atoms. The van der Waals surface area contributed by atoms with Gasteiger partial charge in [-0.3, -0.25) is 0 Å². The van der Waals surface area contributed by atoms with E-state index in [4.69, 9.17) is 0 Å². The van der Waals surface area contributed by atoms with Crippen molar-refractivity contribution in [3.05, 3.63) is 35.4 Å². The molecule has 5 nitrogen and oxygen atoms in total. The van der Waals surface area contributed by atoms with Crippen LogP contribution in [0.4, 0.5) is 0 Å². The minimum atomic E-state index is -3.36. The molecule has 2 heterocycles. The summed E-state index contributed by atoms with van der Waals surface area (Å²) in [6.07, 6.45) is 4.43. The van der Waals surface area contributed by atoms with Crippen molar-refractivity contribution in [2.75, 3.05) is 24.6 Å². The fourth-order valence-electron chi connectivity index (χ4n) is 3.96. The smallest absolute Gasteiger partial charge is 0.217 e. The predicted molar refractivity (Wildman–Crippen MR) is 104 cm³/mol. The molecule has 0 amide bonds. The number of benzene rings is 1. The Bertz CT molecular complexity index is 794. The van der Waals surface area contributed by atoms with E-state index in [-0.39, 0.29) is 24.3 Å². The lowest BCUT2D eigenvalue weighted by molar-refractivity contribution is 0.261. The molecule has 2 saturated heterocycles. The first-order chi connectivity index (χ1) is 12.3. The van der Waals surface area contributed by atoms with Gasteiger partial charge in [-0.05, 0) is 56.9 Å². The molecule has 7 heteroatoms. The third kappa shape index (κ3) is 4.87. The number of hydrogen-bond acceptors (Lipinski definition) is 4. The summed E-state index contributed by atoms with van der Waals surface area (Å²) in [4.78, 5) is 0. The molecule has 0 unspecified atom stereocenters. The van der Waals surface area contributed by atoms with Crippen LogP contribution in [0, 0.1) is 12.8 Å². The molecule has 1 aromatic carbocycles. The Morgan fingerprint density at radius 1 is 1.00 bits per heavy atom. The average Bonchev–Trinajstić information content (AvgIpc) is 2.61. The summed E-state index contributed by atoms with van der Waals surface area (Å²) >= 11 is 0. The van der Waals surface area contributed by atoms with Gasteiger partial charge in [0.05, 0.1) is 16.8 Å². The summed E-state index contributed by atoms with van der Waals surface area (Å²) in [5.41, 5.74) is 2.61. The third-order valence-corrected chi connectivity index (χ3v) is 9.93. The molecule has 3 rings (SSSR count). The van der Waals surface area contributed by atoms with Crippen molar-refractivity contribution < 1.29 is 16.8 Å². The van der Waals surface area contributed by atoms with Crippen LogP contribution in [-0.2, 0) is 26.3 Å². The monoisotopic (exact) mass is 399 g/mol. The van der Waals surface area contributed by atoms with Crippen molar-refractivity contribution >= 4 is 19.9 Å². The van der Waals surface area contributed by atoms with Gasteiger partial charge in [-0.1, -0.05) is 29.8 Å². The van der Waals surface area contributed by atoms with Crippen LogP contribution < -0.4 is 0 Å². The van der Waals surface area contributed by atoms with Crippen molar-refractivity contribution in [3.8, 4) is 0 Å². The zero-order valence-corrected chi connectivity index (χ0v) is 17.1. The highest BCUT2D eigenvalue weighted by molar-refractivity contribution is 7.92. The van der Waals surface area contributed by atoms with E-state index in [0.717, 1.165) is 25.7 Å². The van der Waals surface area contributed by atoms with Gasteiger partial charge in [0, 0.05) is 13.1 Å². The van der Waals surface area contributed by atoms with E-state index in [0.29, 0.717) is 19.0 Å². The van der Waals surface area contributed by atoms with Gasteiger partial charge in [-0.2, -0.15) is 0 Å². The average molecular weight is 400 g/mol. The maximum atomic E-state index is 12.8. The molecule has 0 saturated carbocycles. The lowest BCUT2D eigenvalue weighted by Crippen LogP contribution is -2.45. The molecule has 0 N–H and O–H groups in total.